The maximum absolute atomic E-state index is 12.0. The van der Waals surface area contributed by atoms with Crippen molar-refractivity contribution in [2.75, 3.05) is 0 Å². The minimum atomic E-state index is -0.919. The second kappa shape index (κ2) is 5.53. The van der Waals surface area contributed by atoms with Crippen molar-refractivity contribution < 1.29 is 19.1 Å². The Hall–Kier alpha value is -2.04. The number of aliphatic carboxylic acids is 1. The second-order valence-corrected chi connectivity index (χ2v) is 4.29. The van der Waals surface area contributed by atoms with Crippen molar-refractivity contribution in [3.8, 4) is 0 Å². The van der Waals surface area contributed by atoms with E-state index in [9.17, 15) is 9.59 Å². The first-order chi connectivity index (χ1) is 8.68. The van der Waals surface area contributed by atoms with Gasteiger partial charge in [-0.1, -0.05) is 12.2 Å². The van der Waals surface area contributed by atoms with Crippen LogP contribution in [0, 0.1) is 11.8 Å². The molecule has 18 heavy (non-hydrogen) atoms. The number of amides is 1. The van der Waals surface area contributed by atoms with Gasteiger partial charge < -0.3 is 14.8 Å². The topological polar surface area (TPSA) is 79.5 Å². The molecule has 0 saturated carbocycles. The standard InChI is InChI=1S/C13H15NO4/c15-12(14-8-9-4-3-7-18-9)10-5-1-2-6-11(10)13(16)17/h1-4,7,10-11H,5-6,8H2,(H,14,15)(H,16,17). The van der Waals surface area contributed by atoms with Gasteiger partial charge in [-0.25, -0.2) is 0 Å². The Balaban J connectivity index is 1.94. The van der Waals surface area contributed by atoms with Crippen molar-refractivity contribution in [1.82, 2.24) is 5.32 Å². The number of carboxylic acids is 1. The van der Waals surface area contributed by atoms with Crippen LogP contribution in [-0.4, -0.2) is 17.0 Å². The number of hydrogen-bond acceptors (Lipinski definition) is 3. The predicted molar refractivity (Wildman–Crippen MR) is 63.5 cm³/mol. The van der Waals surface area contributed by atoms with E-state index in [1.807, 2.05) is 12.2 Å². The molecule has 2 rings (SSSR count). The summed E-state index contributed by atoms with van der Waals surface area (Å²) in [6.07, 6.45) is 6.09. The van der Waals surface area contributed by atoms with E-state index in [2.05, 4.69) is 5.32 Å². The fraction of sp³-hybridized carbons (Fsp3) is 0.385. The number of allylic oxidation sites excluding steroid dienone is 2. The fourth-order valence-corrected chi connectivity index (χ4v) is 2.10. The minimum Gasteiger partial charge on any atom is -0.481 e. The highest BCUT2D eigenvalue weighted by Crippen LogP contribution is 2.26. The lowest BCUT2D eigenvalue weighted by Crippen LogP contribution is -2.38. The summed E-state index contributed by atoms with van der Waals surface area (Å²) in [5.74, 6) is -1.63. The van der Waals surface area contributed by atoms with Crippen LogP contribution in [0.3, 0.4) is 0 Å². The summed E-state index contributed by atoms with van der Waals surface area (Å²) in [5.41, 5.74) is 0. The van der Waals surface area contributed by atoms with Crippen LogP contribution in [0.4, 0.5) is 0 Å². The fourth-order valence-electron chi connectivity index (χ4n) is 2.10. The van der Waals surface area contributed by atoms with Crippen molar-refractivity contribution in [3.05, 3.63) is 36.3 Å². The van der Waals surface area contributed by atoms with Gasteiger partial charge in [0.15, 0.2) is 0 Å². The molecule has 0 aromatic carbocycles. The molecule has 1 heterocycles. The molecule has 2 atom stereocenters. The van der Waals surface area contributed by atoms with Crippen LogP contribution in [0.5, 0.6) is 0 Å². The average Bonchev–Trinajstić information content (AvgIpc) is 2.89. The number of carbonyl (C=O) groups excluding carboxylic acids is 1. The van der Waals surface area contributed by atoms with Crippen molar-refractivity contribution in [1.29, 1.82) is 0 Å². The molecule has 0 radical (unpaired) electrons. The van der Waals surface area contributed by atoms with Gasteiger partial charge in [-0.2, -0.15) is 0 Å². The first-order valence-electron chi connectivity index (χ1n) is 5.86. The SMILES string of the molecule is O=C(O)C1CC=CCC1C(=O)NCc1ccco1. The van der Waals surface area contributed by atoms with Gasteiger partial charge in [0.1, 0.15) is 5.76 Å². The van der Waals surface area contributed by atoms with Crippen LogP contribution < -0.4 is 5.32 Å². The van der Waals surface area contributed by atoms with Gasteiger partial charge in [-0.05, 0) is 25.0 Å². The molecule has 1 aromatic heterocycles. The maximum atomic E-state index is 12.0. The summed E-state index contributed by atoms with van der Waals surface area (Å²) >= 11 is 0. The maximum Gasteiger partial charge on any atom is 0.307 e. The molecule has 0 bridgehead atoms. The molecule has 96 valence electrons. The normalized spacial score (nSPS) is 22.7. The Bertz CT molecular complexity index is 450. The third kappa shape index (κ3) is 2.80. The van der Waals surface area contributed by atoms with Gasteiger partial charge in [-0.15, -0.1) is 0 Å². The Labute approximate surface area is 104 Å². The number of furan rings is 1. The van der Waals surface area contributed by atoms with E-state index >= 15 is 0 Å². The molecular formula is C13H15NO4. The van der Waals surface area contributed by atoms with E-state index in [0.29, 0.717) is 25.1 Å². The lowest BCUT2D eigenvalue weighted by Gasteiger charge is -2.23. The molecule has 0 aliphatic heterocycles. The molecule has 1 amide bonds. The third-order valence-corrected chi connectivity index (χ3v) is 3.10. The van der Waals surface area contributed by atoms with Crippen molar-refractivity contribution in [2.45, 2.75) is 19.4 Å². The van der Waals surface area contributed by atoms with Crippen LogP contribution in [0.25, 0.3) is 0 Å². The summed E-state index contributed by atoms with van der Waals surface area (Å²) < 4.78 is 5.10. The Morgan fingerprint density at radius 1 is 1.33 bits per heavy atom. The number of hydrogen-bond donors (Lipinski definition) is 2. The second-order valence-electron chi connectivity index (χ2n) is 4.29. The van der Waals surface area contributed by atoms with Gasteiger partial charge in [0.2, 0.25) is 5.91 Å². The summed E-state index contributed by atoms with van der Waals surface area (Å²) in [7, 11) is 0. The molecular weight excluding hydrogens is 234 g/mol. The Kier molecular flexibility index (Phi) is 3.82. The number of carboxylic acid groups (broad SMARTS) is 1. The smallest absolute Gasteiger partial charge is 0.307 e. The zero-order chi connectivity index (χ0) is 13.0. The van der Waals surface area contributed by atoms with Gasteiger partial charge in [0.25, 0.3) is 0 Å². The number of carbonyl (C=O) groups is 2. The van der Waals surface area contributed by atoms with E-state index in [4.69, 9.17) is 9.52 Å². The van der Waals surface area contributed by atoms with E-state index in [-0.39, 0.29) is 5.91 Å². The summed E-state index contributed by atoms with van der Waals surface area (Å²) in [4.78, 5) is 23.0. The molecule has 0 fully saturated rings. The largest absolute Gasteiger partial charge is 0.481 e. The highest BCUT2D eigenvalue weighted by molar-refractivity contribution is 5.85. The summed E-state index contributed by atoms with van der Waals surface area (Å²) in [5, 5.41) is 11.8. The number of rotatable bonds is 4. The van der Waals surface area contributed by atoms with Gasteiger partial charge in [0.05, 0.1) is 24.6 Å². The van der Waals surface area contributed by atoms with Crippen LogP contribution in [0.15, 0.2) is 35.0 Å². The highest BCUT2D eigenvalue weighted by atomic mass is 16.4. The van der Waals surface area contributed by atoms with Crippen LogP contribution in [0.2, 0.25) is 0 Å². The van der Waals surface area contributed by atoms with Crippen LogP contribution >= 0.6 is 0 Å². The first kappa shape index (κ1) is 12.4. The van der Waals surface area contributed by atoms with Crippen LogP contribution in [-0.2, 0) is 16.1 Å². The lowest BCUT2D eigenvalue weighted by atomic mass is 9.82. The first-order valence-corrected chi connectivity index (χ1v) is 5.86. The Morgan fingerprint density at radius 2 is 2.06 bits per heavy atom. The van der Waals surface area contributed by atoms with Crippen molar-refractivity contribution >= 4 is 11.9 Å². The molecule has 1 aliphatic rings. The molecule has 5 heteroatoms. The third-order valence-electron chi connectivity index (χ3n) is 3.10. The molecule has 5 nitrogen and oxygen atoms in total. The molecule has 1 aliphatic carbocycles. The van der Waals surface area contributed by atoms with Crippen molar-refractivity contribution in [2.24, 2.45) is 11.8 Å². The summed E-state index contributed by atoms with van der Waals surface area (Å²) in [6.45, 7) is 0.290. The average molecular weight is 249 g/mol. The molecule has 1 aromatic rings. The summed E-state index contributed by atoms with van der Waals surface area (Å²) in [6, 6.07) is 3.50. The number of nitrogens with one attached hydrogen (secondary N) is 1. The Morgan fingerprint density at radius 3 is 2.67 bits per heavy atom. The van der Waals surface area contributed by atoms with Gasteiger partial charge in [-0.3, -0.25) is 9.59 Å². The molecule has 0 spiro atoms. The molecule has 2 N–H and O–H groups in total. The zero-order valence-corrected chi connectivity index (χ0v) is 9.83. The monoisotopic (exact) mass is 249 g/mol. The van der Waals surface area contributed by atoms with E-state index < -0.39 is 17.8 Å². The van der Waals surface area contributed by atoms with Gasteiger partial charge in [0, 0.05) is 0 Å². The predicted octanol–water partition coefficient (Wildman–Crippen LogP) is 1.56. The van der Waals surface area contributed by atoms with E-state index in [1.54, 1.807) is 12.1 Å². The minimum absolute atomic E-state index is 0.233. The highest BCUT2D eigenvalue weighted by Gasteiger charge is 2.33. The lowest BCUT2D eigenvalue weighted by molar-refractivity contribution is -0.147. The quantitative estimate of drug-likeness (QED) is 0.794. The van der Waals surface area contributed by atoms with E-state index in [1.165, 1.54) is 6.26 Å². The molecule has 0 saturated heterocycles. The van der Waals surface area contributed by atoms with Gasteiger partial charge >= 0.3 is 5.97 Å². The van der Waals surface area contributed by atoms with Crippen molar-refractivity contribution in [3.63, 3.8) is 0 Å². The zero-order valence-electron chi connectivity index (χ0n) is 9.83. The van der Waals surface area contributed by atoms with Crippen LogP contribution in [0.1, 0.15) is 18.6 Å². The molecule has 2 unspecified atom stereocenters. The van der Waals surface area contributed by atoms with E-state index in [0.717, 1.165) is 0 Å².